The molecule has 0 atom stereocenters. The largest absolute Gasteiger partial charge is 0.344 e. The lowest BCUT2D eigenvalue weighted by Crippen LogP contribution is -2.43. The molecule has 122 valence electrons. The van der Waals surface area contributed by atoms with Crippen LogP contribution in [0, 0.1) is 0 Å². The summed E-state index contributed by atoms with van der Waals surface area (Å²) in [6.45, 7) is 3.57. The third-order valence-corrected chi connectivity index (χ3v) is 3.50. The van der Waals surface area contributed by atoms with Gasteiger partial charge in [0, 0.05) is 46.0 Å². The molecule has 1 rings (SSSR count). The molecule has 1 aromatic rings. The van der Waals surface area contributed by atoms with Gasteiger partial charge in [-0.3, -0.25) is 14.6 Å². The number of aromatic nitrogens is 1. The maximum atomic E-state index is 12.2. The van der Waals surface area contributed by atoms with E-state index in [1.54, 1.807) is 29.2 Å². The first kappa shape index (κ1) is 18.1. The number of carbonyl (C=O) groups is 2. The lowest BCUT2D eigenvalue weighted by molar-refractivity contribution is -0.138. The quantitative estimate of drug-likeness (QED) is 0.701. The highest BCUT2D eigenvalue weighted by Crippen LogP contribution is 2.00. The van der Waals surface area contributed by atoms with Crippen LogP contribution in [0.15, 0.2) is 24.5 Å². The third-order valence-electron chi connectivity index (χ3n) is 3.50. The highest BCUT2D eigenvalue weighted by atomic mass is 16.2. The molecular formula is C16H26N4O2. The molecule has 0 aliphatic rings. The van der Waals surface area contributed by atoms with E-state index >= 15 is 0 Å². The number of pyridine rings is 1. The minimum absolute atomic E-state index is 0.0389. The molecule has 6 nitrogen and oxygen atoms in total. The summed E-state index contributed by atoms with van der Waals surface area (Å²) in [7, 11) is 5.66. The van der Waals surface area contributed by atoms with Crippen molar-refractivity contribution in [1.82, 2.24) is 19.7 Å². The van der Waals surface area contributed by atoms with E-state index in [-0.39, 0.29) is 18.4 Å². The first-order valence-electron chi connectivity index (χ1n) is 7.43. The minimum atomic E-state index is -0.0715. The summed E-state index contributed by atoms with van der Waals surface area (Å²) in [5.74, 6) is -0.110. The first-order chi connectivity index (χ1) is 10.4. The summed E-state index contributed by atoms with van der Waals surface area (Å²) < 4.78 is 0. The van der Waals surface area contributed by atoms with Crippen molar-refractivity contribution in [3.63, 3.8) is 0 Å². The van der Waals surface area contributed by atoms with Gasteiger partial charge in [-0.1, -0.05) is 0 Å². The van der Waals surface area contributed by atoms with E-state index in [1.165, 1.54) is 6.92 Å². The van der Waals surface area contributed by atoms with Crippen LogP contribution in [0.1, 0.15) is 12.5 Å². The fourth-order valence-corrected chi connectivity index (χ4v) is 1.92. The molecule has 0 fully saturated rings. The Balaban J connectivity index is 2.45. The molecule has 0 N–H and O–H groups in total. The molecule has 6 heteroatoms. The SMILES string of the molecule is CC(=O)N(CCN(C)C)CC(=O)N(C)CCc1ccncc1. The molecule has 22 heavy (non-hydrogen) atoms. The molecule has 1 heterocycles. The Kier molecular flexibility index (Phi) is 7.52. The molecule has 0 spiro atoms. The summed E-state index contributed by atoms with van der Waals surface area (Å²) in [6.07, 6.45) is 4.27. The van der Waals surface area contributed by atoms with Crippen LogP contribution in [-0.2, 0) is 16.0 Å². The average Bonchev–Trinajstić information content (AvgIpc) is 2.49. The first-order valence-corrected chi connectivity index (χ1v) is 7.43. The molecule has 0 radical (unpaired) electrons. The van der Waals surface area contributed by atoms with Crippen molar-refractivity contribution in [3.05, 3.63) is 30.1 Å². The van der Waals surface area contributed by atoms with Crippen molar-refractivity contribution in [2.45, 2.75) is 13.3 Å². The van der Waals surface area contributed by atoms with E-state index in [9.17, 15) is 9.59 Å². The van der Waals surface area contributed by atoms with Crippen LogP contribution >= 0.6 is 0 Å². The van der Waals surface area contributed by atoms with E-state index in [2.05, 4.69) is 4.98 Å². The predicted molar refractivity (Wildman–Crippen MR) is 86.4 cm³/mol. The smallest absolute Gasteiger partial charge is 0.241 e. The van der Waals surface area contributed by atoms with Crippen molar-refractivity contribution in [2.75, 3.05) is 47.3 Å². The predicted octanol–water partition coefficient (Wildman–Crippen LogP) is 0.493. The van der Waals surface area contributed by atoms with Crippen LogP contribution in [-0.4, -0.2) is 78.8 Å². The van der Waals surface area contributed by atoms with E-state index in [1.807, 2.05) is 31.1 Å². The highest BCUT2D eigenvalue weighted by molar-refractivity contribution is 5.83. The van der Waals surface area contributed by atoms with Crippen LogP contribution < -0.4 is 0 Å². The molecule has 0 unspecified atom stereocenters. The summed E-state index contributed by atoms with van der Waals surface area (Å²) in [5, 5.41) is 0. The standard InChI is InChI=1S/C16H26N4O2/c1-14(21)20(12-11-18(2)3)13-16(22)19(4)10-7-15-5-8-17-9-6-15/h5-6,8-9H,7,10-13H2,1-4H3. The van der Waals surface area contributed by atoms with Crippen molar-refractivity contribution in [1.29, 1.82) is 0 Å². The van der Waals surface area contributed by atoms with Gasteiger partial charge in [-0.25, -0.2) is 0 Å². The van der Waals surface area contributed by atoms with Crippen LogP contribution in [0.3, 0.4) is 0 Å². The van der Waals surface area contributed by atoms with Crippen molar-refractivity contribution < 1.29 is 9.59 Å². The topological polar surface area (TPSA) is 56.8 Å². The Morgan fingerprint density at radius 3 is 2.23 bits per heavy atom. The molecule has 2 amide bonds. The number of hydrogen-bond acceptors (Lipinski definition) is 4. The molecule has 0 bridgehead atoms. The van der Waals surface area contributed by atoms with Gasteiger partial charge >= 0.3 is 0 Å². The Labute approximate surface area is 132 Å². The second-order valence-electron chi connectivity index (χ2n) is 5.66. The van der Waals surface area contributed by atoms with Crippen LogP contribution in [0.4, 0.5) is 0 Å². The average molecular weight is 306 g/mol. The zero-order valence-electron chi connectivity index (χ0n) is 14.0. The summed E-state index contributed by atoms with van der Waals surface area (Å²) in [6, 6.07) is 3.88. The third kappa shape index (κ3) is 6.67. The fourth-order valence-electron chi connectivity index (χ4n) is 1.92. The molecule has 1 aromatic heterocycles. The van der Waals surface area contributed by atoms with Gasteiger partial charge in [-0.15, -0.1) is 0 Å². The normalized spacial score (nSPS) is 10.6. The summed E-state index contributed by atoms with van der Waals surface area (Å²) in [4.78, 5) is 33.1. The van der Waals surface area contributed by atoms with Gasteiger partial charge in [0.1, 0.15) is 0 Å². The second-order valence-corrected chi connectivity index (χ2v) is 5.66. The van der Waals surface area contributed by atoms with Crippen molar-refractivity contribution in [2.24, 2.45) is 0 Å². The van der Waals surface area contributed by atoms with Crippen molar-refractivity contribution in [3.8, 4) is 0 Å². The van der Waals surface area contributed by atoms with E-state index in [4.69, 9.17) is 0 Å². The number of carbonyl (C=O) groups excluding carboxylic acids is 2. The Morgan fingerprint density at radius 2 is 1.68 bits per heavy atom. The van der Waals surface area contributed by atoms with Gasteiger partial charge in [0.05, 0.1) is 6.54 Å². The molecule has 0 aliphatic carbocycles. The zero-order chi connectivity index (χ0) is 16.5. The number of amides is 2. The van der Waals surface area contributed by atoms with Gasteiger partial charge in [0.15, 0.2) is 0 Å². The van der Waals surface area contributed by atoms with Crippen LogP contribution in [0.25, 0.3) is 0 Å². The van der Waals surface area contributed by atoms with Crippen molar-refractivity contribution >= 4 is 11.8 Å². The van der Waals surface area contributed by atoms with Gasteiger partial charge in [-0.2, -0.15) is 0 Å². The fraction of sp³-hybridized carbons (Fsp3) is 0.562. The Hall–Kier alpha value is -1.95. The summed E-state index contributed by atoms with van der Waals surface area (Å²) >= 11 is 0. The molecular weight excluding hydrogens is 280 g/mol. The molecule has 0 aromatic carbocycles. The number of likely N-dealkylation sites (N-methyl/N-ethyl adjacent to an activating group) is 2. The van der Waals surface area contributed by atoms with Crippen LogP contribution in [0.5, 0.6) is 0 Å². The van der Waals surface area contributed by atoms with Gasteiger partial charge in [0.2, 0.25) is 11.8 Å². The monoisotopic (exact) mass is 306 g/mol. The number of rotatable bonds is 8. The van der Waals surface area contributed by atoms with Gasteiger partial charge in [-0.05, 0) is 38.2 Å². The Morgan fingerprint density at radius 1 is 1.05 bits per heavy atom. The zero-order valence-corrected chi connectivity index (χ0v) is 14.0. The Bertz CT molecular complexity index is 476. The number of nitrogens with zero attached hydrogens (tertiary/aromatic N) is 4. The summed E-state index contributed by atoms with van der Waals surface area (Å²) in [5.41, 5.74) is 1.14. The lowest BCUT2D eigenvalue weighted by atomic mass is 10.2. The minimum Gasteiger partial charge on any atom is -0.344 e. The van der Waals surface area contributed by atoms with Gasteiger partial charge in [0.25, 0.3) is 0 Å². The lowest BCUT2D eigenvalue weighted by Gasteiger charge is -2.25. The second kappa shape index (κ2) is 9.15. The molecule has 0 aliphatic heterocycles. The maximum Gasteiger partial charge on any atom is 0.241 e. The van der Waals surface area contributed by atoms with E-state index in [0.29, 0.717) is 13.1 Å². The van der Waals surface area contributed by atoms with E-state index in [0.717, 1.165) is 18.5 Å². The number of hydrogen-bond donors (Lipinski definition) is 0. The molecule has 0 saturated carbocycles. The van der Waals surface area contributed by atoms with Gasteiger partial charge < -0.3 is 14.7 Å². The highest BCUT2D eigenvalue weighted by Gasteiger charge is 2.16. The maximum absolute atomic E-state index is 12.2. The van der Waals surface area contributed by atoms with Crippen LogP contribution in [0.2, 0.25) is 0 Å². The van der Waals surface area contributed by atoms with E-state index < -0.39 is 0 Å². The molecule has 0 saturated heterocycles.